The molecule has 1 atom stereocenters. The van der Waals surface area contributed by atoms with Gasteiger partial charge >= 0.3 is 0 Å². The Morgan fingerprint density at radius 2 is 2.27 bits per heavy atom. The molecule has 3 heteroatoms. The van der Waals surface area contributed by atoms with Gasteiger partial charge in [-0.2, -0.15) is 0 Å². The molecule has 0 heterocycles. The van der Waals surface area contributed by atoms with E-state index in [0.29, 0.717) is 12.6 Å². The van der Waals surface area contributed by atoms with Crippen molar-refractivity contribution in [1.82, 2.24) is 5.32 Å². The minimum atomic E-state index is -0.169. The summed E-state index contributed by atoms with van der Waals surface area (Å²) < 4.78 is 17.8. The maximum Gasteiger partial charge on any atom is 0.123 e. The predicted octanol–water partition coefficient (Wildman–Crippen LogP) is 1.99. The van der Waals surface area contributed by atoms with Crippen molar-refractivity contribution in [2.75, 3.05) is 20.3 Å². The summed E-state index contributed by atoms with van der Waals surface area (Å²) in [5.74, 6) is -0.169. The summed E-state index contributed by atoms with van der Waals surface area (Å²) in [5.41, 5.74) is 1.02. The number of rotatable bonds is 6. The molecule has 0 fully saturated rings. The Labute approximate surface area is 90.4 Å². The molecule has 0 saturated carbocycles. The molecule has 0 bridgehead atoms. The molecule has 0 amide bonds. The van der Waals surface area contributed by atoms with Gasteiger partial charge < -0.3 is 10.1 Å². The minimum absolute atomic E-state index is 0.169. The lowest BCUT2D eigenvalue weighted by Gasteiger charge is -2.12. The lowest BCUT2D eigenvalue weighted by atomic mass is 10.1. The first-order valence-electron chi connectivity index (χ1n) is 5.19. The van der Waals surface area contributed by atoms with Crippen LogP contribution in [0.1, 0.15) is 12.5 Å². The largest absolute Gasteiger partial charge is 0.383 e. The van der Waals surface area contributed by atoms with E-state index in [2.05, 4.69) is 12.2 Å². The fourth-order valence-corrected chi connectivity index (χ4v) is 1.46. The van der Waals surface area contributed by atoms with Crippen LogP contribution in [-0.2, 0) is 11.2 Å². The second-order valence-corrected chi connectivity index (χ2v) is 3.69. The Bertz CT molecular complexity index is 291. The second kappa shape index (κ2) is 6.53. The molecule has 1 aromatic rings. The van der Waals surface area contributed by atoms with Crippen LogP contribution in [0.4, 0.5) is 4.39 Å². The van der Waals surface area contributed by atoms with Gasteiger partial charge in [0.25, 0.3) is 0 Å². The maximum atomic E-state index is 12.8. The molecular formula is C12H18FNO. The third-order valence-electron chi connectivity index (χ3n) is 2.21. The van der Waals surface area contributed by atoms with E-state index in [1.54, 1.807) is 19.2 Å². The molecule has 1 N–H and O–H groups in total. The summed E-state index contributed by atoms with van der Waals surface area (Å²) in [7, 11) is 1.69. The van der Waals surface area contributed by atoms with Gasteiger partial charge in [-0.15, -0.1) is 0 Å². The predicted molar refractivity (Wildman–Crippen MR) is 59.4 cm³/mol. The summed E-state index contributed by atoms with van der Waals surface area (Å²) in [5, 5.41) is 3.30. The van der Waals surface area contributed by atoms with Crippen LogP contribution in [0.15, 0.2) is 24.3 Å². The normalized spacial score (nSPS) is 12.7. The Balaban J connectivity index is 2.25. The van der Waals surface area contributed by atoms with Crippen LogP contribution in [0.2, 0.25) is 0 Å². The van der Waals surface area contributed by atoms with Gasteiger partial charge in [0.2, 0.25) is 0 Å². The van der Waals surface area contributed by atoms with Crippen molar-refractivity contribution in [2.24, 2.45) is 0 Å². The van der Waals surface area contributed by atoms with E-state index in [1.807, 2.05) is 6.07 Å². The van der Waals surface area contributed by atoms with Crippen molar-refractivity contribution in [3.8, 4) is 0 Å². The average molecular weight is 211 g/mol. The summed E-state index contributed by atoms with van der Waals surface area (Å²) in [4.78, 5) is 0. The molecule has 0 aromatic heterocycles. The zero-order chi connectivity index (χ0) is 11.1. The fourth-order valence-electron chi connectivity index (χ4n) is 1.46. The van der Waals surface area contributed by atoms with Crippen LogP contribution in [0.5, 0.6) is 0 Å². The maximum absolute atomic E-state index is 12.8. The molecule has 0 spiro atoms. The van der Waals surface area contributed by atoms with E-state index in [1.165, 1.54) is 6.07 Å². The molecule has 1 unspecified atom stereocenters. The van der Waals surface area contributed by atoms with Gasteiger partial charge in [-0.1, -0.05) is 12.1 Å². The number of benzene rings is 1. The molecule has 0 aliphatic carbocycles. The third kappa shape index (κ3) is 4.91. The van der Waals surface area contributed by atoms with E-state index in [0.717, 1.165) is 18.5 Å². The second-order valence-electron chi connectivity index (χ2n) is 3.69. The van der Waals surface area contributed by atoms with Crippen molar-refractivity contribution in [1.29, 1.82) is 0 Å². The summed E-state index contributed by atoms with van der Waals surface area (Å²) in [6.45, 7) is 3.60. The number of halogens is 1. The lowest BCUT2D eigenvalue weighted by Crippen LogP contribution is -2.31. The van der Waals surface area contributed by atoms with Crippen LogP contribution < -0.4 is 5.32 Å². The van der Waals surface area contributed by atoms with Crippen LogP contribution in [0.3, 0.4) is 0 Å². The summed E-state index contributed by atoms with van der Waals surface area (Å²) >= 11 is 0. The van der Waals surface area contributed by atoms with Crippen molar-refractivity contribution in [3.63, 3.8) is 0 Å². The molecule has 2 nitrogen and oxygen atoms in total. The minimum Gasteiger partial charge on any atom is -0.383 e. The molecule has 0 saturated heterocycles. The van der Waals surface area contributed by atoms with Crippen molar-refractivity contribution >= 4 is 0 Å². The monoisotopic (exact) mass is 211 g/mol. The highest BCUT2D eigenvalue weighted by molar-refractivity contribution is 5.16. The number of hydrogen-bond donors (Lipinski definition) is 1. The van der Waals surface area contributed by atoms with Crippen molar-refractivity contribution in [2.45, 2.75) is 19.4 Å². The molecule has 1 aromatic carbocycles. The number of hydrogen-bond acceptors (Lipinski definition) is 2. The highest BCUT2D eigenvalue weighted by Gasteiger charge is 2.00. The van der Waals surface area contributed by atoms with Crippen LogP contribution >= 0.6 is 0 Å². The number of methoxy groups -OCH3 is 1. The highest BCUT2D eigenvalue weighted by Crippen LogP contribution is 2.03. The standard InChI is InChI=1S/C12H18FNO/c1-10(9-15-2)14-7-6-11-4-3-5-12(13)8-11/h3-5,8,10,14H,6-7,9H2,1-2H3. The van der Waals surface area contributed by atoms with E-state index in [9.17, 15) is 4.39 Å². The average Bonchev–Trinajstić information content (AvgIpc) is 2.18. The van der Waals surface area contributed by atoms with Gasteiger partial charge in [0.05, 0.1) is 6.61 Å². The topological polar surface area (TPSA) is 21.3 Å². The number of ether oxygens (including phenoxy) is 1. The fraction of sp³-hybridized carbons (Fsp3) is 0.500. The zero-order valence-electron chi connectivity index (χ0n) is 9.29. The third-order valence-corrected chi connectivity index (χ3v) is 2.21. The van der Waals surface area contributed by atoms with Gasteiger partial charge in [0.15, 0.2) is 0 Å². The molecule has 84 valence electrons. The van der Waals surface area contributed by atoms with Gasteiger partial charge in [-0.25, -0.2) is 4.39 Å². The van der Waals surface area contributed by atoms with Crippen molar-refractivity contribution < 1.29 is 9.13 Å². The van der Waals surface area contributed by atoms with E-state index < -0.39 is 0 Å². The zero-order valence-corrected chi connectivity index (χ0v) is 9.29. The lowest BCUT2D eigenvalue weighted by molar-refractivity contribution is 0.172. The summed E-state index contributed by atoms with van der Waals surface area (Å²) in [6, 6.07) is 7.05. The van der Waals surface area contributed by atoms with Gasteiger partial charge in [0.1, 0.15) is 5.82 Å². The van der Waals surface area contributed by atoms with Crippen LogP contribution in [0.25, 0.3) is 0 Å². The van der Waals surface area contributed by atoms with Crippen molar-refractivity contribution in [3.05, 3.63) is 35.6 Å². The van der Waals surface area contributed by atoms with Crippen LogP contribution in [-0.4, -0.2) is 26.3 Å². The van der Waals surface area contributed by atoms with Crippen LogP contribution in [0, 0.1) is 5.82 Å². The quantitative estimate of drug-likeness (QED) is 0.777. The van der Waals surface area contributed by atoms with E-state index >= 15 is 0 Å². The molecule has 1 rings (SSSR count). The molecule has 15 heavy (non-hydrogen) atoms. The van der Waals surface area contributed by atoms with E-state index in [-0.39, 0.29) is 5.82 Å². The highest BCUT2D eigenvalue weighted by atomic mass is 19.1. The molecule has 0 aliphatic rings. The Hall–Kier alpha value is -0.930. The molecule has 0 radical (unpaired) electrons. The molecular weight excluding hydrogens is 193 g/mol. The first kappa shape index (κ1) is 12.1. The Kier molecular flexibility index (Phi) is 5.29. The van der Waals surface area contributed by atoms with Gasteiger partial charge in [-0.05, 0) is 37.6 Å². The Morgan fingerprint density at radius 3 is 2.93 bits per heavy atom. The molecule has 0 aliphatic heterocycles. The SMILES string of the molecule is COCC(C)NCCc1cccc(F)c1. The first-order chi connectivity index (χ1) is 7.22. The van der Waals surface area contributed by atoms with E-state index in [4.69, 9.17) is 4.74 Å². The van der Waals surface area contributed by atoms with Gasteiger partial charge in [0, 0.05) is 13.2 Å². The summed E-state index contributed by atoms with van der Waals surface area (Å²) in [6.07, 6.45) is 0.839. The Morgan fingerprint density at radius 1 is 1.47 bits per heavy atom. The number of nitrogens with one attached hydrogen (secondary N) is 1. The van der Waals surface area contributed by atoms with Gasteiger partial charge in [-0.3, -0.25) is 0 Å². The first-order valence-corrected chi connectivity index (χ1v) is 5.19. The smallest absolute Gasteiger partial charge is 0.123 e.